The number of likely N-dealkylation sites (tertiary alicyclic amines) is 1. The van der Waals surface area contributed by atoms with Gasteiger partial charge in [0.2, 0.25) is 0 Å². The number of hydrogen-bond donors (Lipinski definition) is 0. The standard InChI is InChI=1S/C17H25N3O/c1-2-18-10-12-19(13-11-18)17(21)20-9-8-16(14-20)15-6-4-3-5-7-15/h3-7,16H,2,8-14H2,1H3. The summed E-state index contributed by atoms with van der Waals surface area (Å²) in [7, 11) is 0. The van der Waals surface area contributed by atoms with Crippen LogP contribution in [0.1, 0.15) is 24.8 Å². The normalized spacial score (nSPS) is 23.6. The second-order valence-corrected chi connectivity index (χ2v) is 6.05. The predicted molar refractivity (Wildman–Crippen MR) is 84.5 cm³/mol. The number of rotatable bonds is 2. The molecule has 0 bridgehead atoms. The van der Waals surface area contributed by atoms with Crippen LogP contribution in [0, 0.1) is 0 Å². The van der Waals surface area contributed by atoms with Gasteiger partial charge in [0.1, 0.15) is 0 Å². The Morgan fingerprint density at radius 2 is 1.76 bits per heavy atom. The predicted octanol–water partition coefficient (Wildman–Crippen LogP) is 2.23. The van der Waals surface area contributed by atoms with Crippen molar-refractivity contribution in [3.63, 3.8) is 0 Å². The quantitative estimate of drug-likeness (QED) is 0.834. The molecule has 2 heterocycles. The van der Waals surface area contributed by atoms with E-state index in [1.165, 1.54) is 5.56 Å². The Hall–Kier alpha value is -1.55. The van der Waals surface area contributed by atoms with E-state index in [0.29, 0.717) is 5.92 Å². The van der Waals surface area contributed by atoms with Crippen molar-refractivity contribution in [3.8, 4) is 0 Å². The van der Waals surface area contributed by atoms with Crippen LogP contribution in [0.4, 0.5) is 4.79 Å². The van der Waals surface area contributed by atoms with Crippen LogP contribution in [0.25, 0.3) is 0 Å². The van der Waals surface area contributed by atoms with Crippen LogP contribution in [0.2, 0.25) is 0 Å². The molecule has 2 aliphatic heterocycles. The summed E-state index contributed by atoms with van der Waals surface area (Å²) in [6.07, 6.45) is 1.09. The summed E-state index contributed by atoms with van der Waals surface area (Å²) in [5, 5.41) is 0. The molecule has 0 radical (unpaired) electrons. The van der Waals surface area contributed by atoms with Crippen molar-refractivity contribution in [2.75, 3.05) is 45.8 Å². The van der Waals surface area contributed by atoms with Crippen molar-refractivity contribution in [2.45, 2.75) is 19.3 Å². The molecule has 114 valence electrons. The summed E-state index contributed by atoms with van der Waals surface area (Å²) in [4.78, 5) is 19.1. The van der Waals surface area contributed by atoms with Crippen LogP contribution >= 0.6 is 0 Å². The molecule has 0 saturated carbocycles. The van der Waals surface area contributed by atoms with Crippen LogP contribution in [-0.4, -0.2) is 66.5 Å². The van der Waals surface area contributed by atoms with E-state index in [-0.39, 0.29) is 6.03 Å². The van der Waals surface area contributed by atoms with Gasteiger partial charge in [-0.25, -0.2) is 4.79 Å². The van der Waals surface area contributed by atoms with Crippen LogP contribution in [-0.2, 0) is 0 Å². The maximum atomic E-state index is 12.6. The first kappa shape index (κ1) is 14.4. The van der Waals surface area contributed by atoms with Crippen molar-refractivity contribution in [2.24, 2.45) is 0 Å². The second kappa shape index (κ2) is 6.48. The van der Waals surface area contributed by atoms with Gasteiger partial charge < -0.3 is 14.7 Å². The summed E-state index contributed by atoms with van der Waals surface area (Å²) < 4.78 is 0. The minimum absolute atomic E-state index is 0.240. The monoisotopic (exact) mass is 287 g/mol. The second-order valence-electron chi connectivity index (χ2n) is 6.05. The van der Waals surface area contributed by atoms with Crippen molar-refractivity contribution in [1.82, 2.24) is 14.7 Å². The van der Waals surface area contributed by atoms with Crippen molar-refractivity contribution >= 4 is 6.03 Å². The average Bonchev–Trinajstić information content (AvgIpc) is 3.05. The minimum atomic E-state index is 0.240. The fourth-order valence-electron chi connectivity index (χ4n) is 3.39. The van der Waals surface area contributed by atoms with Crippen LogP contribution in [0.15, 0.2) is 30.3 Å². The lowest BCUT2D eigenvalue weighted by atomic mass is 9.99. The number of carbonyl (C=O) groups excluding carboxylic acids is 1. The van der Waals surface area contributed by atoms with Crippen molar-refractivity contribution in [3.05, 3.63) is 35.9 Å². The molecule has 0 spiro atoms. The van der Waals surface area contributed by atoms with Gasteiger partial charge in [-0.1, -0.05) is 37.3 Å². The zero-order chi connectivity index (χ0) is 14.7. The maximum absolute atomic E-state index is 12.6. The Kier molecular flexibility index (Phi) is 4.44. The molecule has 21 heavy (non-hydrogen) atoms. The number of piperazine rings is 1. The van der Waals surface area contributed by atoms with Gasteiger partial charge in [-0.3, -0.25) is 0 Å². The lowest BCUT2D eigenvalue weighted by molar-refractivity contribution is 0.120. The summed E-state index contributed by atoms with van der Waals surface area (Å²) in [5.41, 5.74) is 1.36. The zero-order valence-corrected chi connectivity index (χ0v) is 12.9. The first-order valence-corrected chi connectivity index (χ1v) is 8.09. The van der Waals surface area contributed by atoms with E-state index in [0.717, 1.165) is 52.2 Å². The van der Waals surface area contributed by atoms with E-state index in [9.17, 15) is 4.79 Å². The van der Waals surface area contributed by atoms with Gasteiger partial charge in [-0.2, -0.15) is 0 Å². The van der Waals surface area contributed by atoms with E-state index in [1.807, 2.05) is 9.80 Å². The molecule has 1 atom stereocenters. The van der Waals surface area contributed by atoms with Gasteiger partial charge in [-0.15, -0.1) is 0 Å². The van der Waals surface area contributed by atoms with Gasteiger partial charge in [0.25, 0.3) is 0 Å². The summed E-state index contributed by atoms with van der Waals surface area (Å²) in [5.74, 6) is 0.507. The van der Waals surface area contributed by atoms with Crippen LogP contribution in [0.3, 0.4) is 0 Å². The van der Waals surface area contributed by atoms with Crippen LogP contribution < -0.4 is 0 Å². The Morgan fingerprint density at radius 1 is 1.05 bits per heavy atom. The van der Waals surface area contributed by atoms with E-state index in [1.54, 1.807) is 0 Å². The van der Waals surface area contributed by atoms with E-state index in [4.69, 9.17) is 0 Å². The summed E-state index contributed by atoms with van der Waals surface area (Å²) >= 11 is 0. The van der Waals surface area contributed by atoms with Gasteiger partial charge in [0.15, 0.2) is 0 Å². The molecule has 2 amide bonds. The smallest absolute Gasteiger partial charge is 0.320 e. The van der Waals surface area contributed by atoms with Crippen molar-refractivity contribution < 1.29 is 4.79 Å². The first-order chi connectivity index (χ1) is 10.3. The molecule has 0 aromatic heterocycles. The number of amides is 2. The Bertz CT molecular complexity index is 468. The van der Waals surface area contributed by atoms with Gasteiger partial charge in [0, 0.05) is 45.2 Å². The largest absolute Gasteiger partial charge is 0.324 e. The molecule has 4 nitrogen and oxygen atoms in total. The highest BCUT2D eigenvalue weighted by Crippen LogP contribution is 2.27. The molecular weight excluding hydrogens is 262 g/mol. The van der Waals surface area contributed by atoms with E-state index >= 15 is 0 Å². The number of nitrogens with zero attached hydrogens (tertiary/aromatic N) is 3. The highest BCUT2D eigenvalue weighted by atomic mass is 16.2. The number of benzene rings is 1. The molecule has 1 aromatic rings. The number of urea groups is 1. The fraction of sp³-hybridized carbons (Fsp3) is 0.588. The number of carbonyl (C=O) groups is 1. The Morgan fingerprint density at radius 3 is 2.43 bits per heavy atom. The van der Waals surface area contributed by atoms with E-state index in [2.05, 4.69) is 42.2 Å². The number of likely N-dealkylation sites (N-methyl/N-ethyl adjacent to an activating group) is 1. The molecular formula is C17H25N3O. The van der Waals surface area contributed by atoms with Crippen LogP contribution in [0.5, 0.6) is 0 Å². The lowest BCUT2D eigenvalue weighted by Crippen LogP contribution is -2.52. The molecule has 1 unspecified atom stereocenters. The SMILES string of the molecule is CCN1CCN(C(=O)N2CCC(c3ccccc3)C2)CC1. The fourth-order valence-corrected chi connectivity index (χ4v) is 3.39. The first-order valence-electron chi connectivity index (χ1n) is 8.09. The maximum Gasteiger partial charge on any atom is 0.320 e. The Balaban J connectivity index is 1.55. The molecule has 2 aliphatic rings. The third kappa shape index (κ3) is 3.21. The highest BCUT2D eigenvalue weighted by molar-refractivity contribution is 5.75. The molecule has 3 rings (SSSR count). The molecule has 2 saturated heterocycles. The molecule has 4 heteroatoms. The Labute approximate surface area is 127 Å². The third-order valence-electron chi connectivity index (χ3n) is 4.82. The summed E-state index contributed by atoms with van der Waals surface area (Å²) in [6.45, 7) is 8.81. The molecule has 0 aliphatic carbocycles. The zero-order valence-electron chi connectivity index (χ0n) is 12.9. The molecule has 2 fully saturated rings. The lowest BCUT2D eigenvalue weighted by Gasteiger charge is -2.36. The van der Waals surface area contributed by atoms with Gasteiger partial charge >= 0.3 is 6.03 Å². The average molecular weight is 287 g/mol. The van der Waals surface area contributed by atoms with Gasteiger partial charge in [0.05, 0.1) is 0 Å². The molecule has 0 N–H and O–H groups in total. The van der Waals surface area contributed by atoms with Gasteiger partial charge in [-0.05, 0) is 18.5 Å². The molecule has 1 aromatic carbocycles. The minimum Gasteiger partial charge on any atom is -0.324 e. The number of hydrogen-bond acceptors (Lipinski definition) is 2. The van der Waals surface area contributed by atoms with E-state index < -0.39 is 0 Å². The summed E-state index contributed by atoms with van der Waals surface area (Å²) in [6, 6.07) is 10.8. The topological polar surface area (TPSA) is 26.8 Å². The highest BCUT2D eigenvalue weighted by Gasteiger charge is 2.31. The third-order valence-corrected chi connectivity index (χ3v) is 4.82. The van der Waals surface area contributed by atoms with Crippen molar-refractivity contribution in [1.29, 1.82) is 0 Å².